The van der Waals surface area contributed by atoms with Gasteiger partial charge in [-0.05, 0) is 23.7 Å². The Labute approximate surface area is 114 Å². The van der Waals surface area contributed by atoms with E-state index in [4.69, 9.17) is 0 Å². The number of hydrogen-bond donors (Lipinski definition) is 2. The monoisotopic (exact) mass is 258 g/mol. The van der Waals surface area contributed by atoms with E-state index in [1.807, 2.05) is 41.5 Å². The maximum Gasteiger partial charge on any atom is 0.0669 e. The Balaban J connectivity index is 5.55. The molecular weight excluding hydrogens is 224 g/mol. The highest BCUT2D eigenvalue weighted by Crippen LogP contribution is 2.47. The van der Waals surface area contributed by atoms with Crippen LogP contribution in [0.4, 0.5) is 0 Å². The Morgan fingerprint density at radius 2 is 1.11 bits per heavy atom. The molecule has 0 bridgehead atoms. The van der Waals surface area contributed by atoms with Gasteiger partial charge in [0.05, 0.1) is 12.2 Å². The minimum Gasteiger partial charge on any atom is -0.392 e. The zero-order chi connectivity index (χ0) is 14.8. The second kappa shape index (κ2) is 5.92. The van der Waals surface area contributed by atoms with Gasteiger partial charge in [-0.25, -0.2) is 0 Å². The molecule has 2 atom stereocenters. The van der Waals surface area contributed by atoms with E-state index in [0.717, 1.165) is 19.3 Å². The Kier molecular flexibility index (Phi) is 5.89. The predicted molar refractivity (Wildman–Crippen MR) is 78.6 cm³/mol. The first-order chi connectivity index (χ1) is 7.93. The lowest BCUT2D eigenvalue weighted by Crippen LogP contribution is -2.54. The Morgan fingerprint density at radius 1 is 0.778 bits per heavy atom. The lowest BCUT2D eigenvalue weighted by Gasteiger charge is -2.50. The van der Waals surface area contributed by atoms with Crippen LogP contribution < -0.4 is 0 Å². The molecule has 0 saturated heterocycles. The third kappa shape index (κ3) is 3.71. The van der Waals surface area contributed by atoms with E-state index in [1.54, 1.807) is 0 Å². The van der Waals surface area contributed by atoms with Gasteiger partial charge in [0.2, 0.25) is 0 Å². The smallest absolute Gasteiger partial charge is 0.0669 e. The minimum absolute atomic E-state index is 0.211. The van der Waals surface area contributed by atoms with Crippen molar-refractivity contribution in [3.05, 3.63) is 0 Å². The standard InChI is InChI=1S/C16H34O2/c1-9-11-16(10-2,12(17)14(3,4)5)13(18)15(6,7)8/h12-13,17-18H,9-11H2,1-8H3. The summed E-state index contributed by atoms with van der Waals surface area (Å²) in [5, 5.41) is 21.6. The predicted octanol–water partition coefficient (Wildman–Crippen LogP) is 4.00. The SMILES string of the molecule is CCCC(CC)(C(O)C(C)(C)C)C(O)C(C)(C)C. The van der Waals surface area contributed by atoms with E-state index in [1.165, 1.54) is 0 Å². The lowest BCUT2D eigenvalue weighted by atomic mass is 9.59. The normalized spacial score (nSPS) is 20.3. The van der Waals surface area contributed by atoms with Crippen molar-refractivity contribution in [2.24, 2.45) is 16.2 Å². The van der Waals surface area contributed by atoms with Crippen molar-refractivity contribution in [3.63, 3.8) is 0 Å². The van der Waals surface area contributed by atoms with Crippen LogP contribution in [-0.4, -0.2) is 22.4 Å². The fourth-order valence-electron chi connectivity index (χ4n) is 3.18. The van der Waals surface area contributed by atoms with Crippen molar-refractivity contribution in [3.8, 4) is 0 Å². The van der Waals surface area contributed by atoms with Gasteiger partial charge in [0.1, 0.15) is 0 Å². The van der Waals surface area contributed by atoms with Crippen molar-refractivity contribution in [1.82, 2.24) is 0 Å². The molecule has 0 aliphatic rings. The molecule has 0 saturated carbocycles. The summed E-state index contributed by atoms with van der Waals surface area (Å²) in [5.41, 5.74) is -0.833. The second-order valence-electron chi connectivity index (χ2n) is 7.87. The van der Waals surface area contributed by atoms with Crippen molar-refractivity contribution in [2.75, 3.05) is 0 Å². The first-order valence-electron chi connectivity index (χ1n) is 7.29. The molecule has 0 amide bonds. The highest BCUT2D eigenvalue weighted by molar-refractivity contribution is 5.00. The summed E-state index contributed by atoms with van der Waals surface area (Å²) in [6, 6.07) is 0. The van der Waals surface area contributed by atoms with Crippen LogP contribution in [0.1, 0.15) is 74.7 Å². The number of rotatable bonds is 5. The van der Waals surface area contributed by atoms with Gasteiger partial charge in [0.25, 0.3) is 0 Å². The summed E-state index contributed by atoms with van der Waals surface area (Å²) in [6.45, 7) is 16.5. The van der Waals surface area contributed by atoms with E-state index in [2.05, 4.69) is 13.8 Å². The molecule has 2 heteroatoms. The third-order valence-electron chi connectivity index (χ3n) is 4.10. The number of hydrogen-bond acceptors (Lipinski definition) is 2. The summed E-state index contributed by atoms with van der Waals surface area (Å²) in [7, 11) is 0. The molecule has 18 heavy (non-hydrogen) atoms. The quantitative estimate of drug-likeness (QED) is 0.782. The average Bonchev–Trinajstić information content (AvgIpc) is 2.21. The van der Waals surface area contributed by atoms with Crippen LogP contribution in [0.25, 0.3) is 0 Å². The molecule has 0 aliphatic heterocycles. The molecule has 0 rings (SSSR count). The van der Waals surface area contributed by atoms with Crippen LogP contribution in [0, 0.1) is 16.2 Å². The van der Waals surface area contributed by atoms with E-state index >= 15 is 0 Å². The Bertz CT molecular complexity index is 225. The largest absolute Gasteiger partial charge is 0.392 e. The fourth-order valence-corrected chi connectivity index (χ4v) is 3.18. The molecule has 0 fully saturated rings. The Hall–Kier alpha value is -0.0800. The van der Waals surface area contributed by atoms with E-state index in [9.17, 15) is 10.2 Å². The highest BCUT2D eigenvalue weighted by atomic mass is 16.3. The molecule has 0 aliphatic carbocycles. The van der Waals surface area contributed by atoms with Crippen LogP contribution in [0.5, 0.6) is 0 Å². The molecule has 110 valence electrons. The zero-order valence-corrected chi connectivity index (χ0v) is 13.7. The first kappa shape index (κ1) is 17.9. The van der Waals surface area contributed by atoms with Gasteiger partial charge < -0.3 is 10.2 Å². The van der Waals surface area contributed by atoms with Crippen LogP contribution in [-0.2, 0) is 0 Å². The summed E-state index contributed by atoms with van der Waals surface area (Å²) >= 11 is 0. The molecule has 2 nitrogen and oxygen atoms in total. The average molecular weight is 258 g/mol. The minimum atomic E-state index is -0.496. The maximum atomic E-state index is 10.8. The molecule has 0 heterocycles. The van der Waals surface area contributed by atoms with Gasteiger partial charge in [0.15, 0.2) is 0 Å². The van der Waals surface area contributed by atoms with Gasteiger partial charge in [-0.1, -0.05) is 61.8 Å². The first-order valence-corrected chi connectivity index (χ1v) is 7.29. The van der Waals surface area contributed by atoms with E-state index in [0.29, 0.717) is 0 Å². The van der Waals surface area contributed by atoms with Crippen LogP contribution in [0.2, 0.25) is 0 Å². The molecule has 0 aromatic heterocycles. The number of aliphatic hydroxyl groups excluding tert-OH is 2. The molecule has 2 N–H and O–H groups in total. The van der Waals surface area contributed by atoms with Crippen molar-refractivity contribution in [1.29, 1.82) is 0 Å². The van der Waals surface area contributed by atoms with E-state index in [-0.39, 0.29) is 10.8 Å². The molecule has 0 aromatic rings. The molecule has 0 spiro atoms. The fraction of sp³-hybridized carbons (Fsp3) is 1.00. The molecule has 0 radical (unpaired) electrons. The molecule has 2 unspecified atom stereocenters. The third-order valence-corrected chi connectivity index (χ3v) is 4.10. The summed E-state index contributed by atoms with van der Waals surface area (Å²) < 4.78 is 0. The van der Waals surface area contributed by atoms with Crippen molar-refractivity contribution in [2.45, 2.75) is 86.9 Å². The van der Waals surface area contributed by atoms with Gasteiger partial charge in [-0.2, -0.15) is 0 Å². The summed E-state index contributed by atoms with van der Waals surface area (Å²) in [4.78, 5) is 0. The second-order valence-corrected chi connectivity index (χ2v) is 7.87. The maximum absolute atomic E-state index is 10.8. The van der Waals surface area contributed by atoms with Crippen molar-refractivity contribution < 1.29 is 10.2 Å². The number of aliphatic hydroxyl groups is 2. The Morgan fingerprint density at radius 3 is 1.28 bits per heavy atom. The van der Waals surface area contributed by atoms with Crippen LogP contribution >= 0.6 is 0 Å². The highest BCUT2D eigenvalue weighted by Gasteiger charge is 2.50. The van der Waals surface area contributed by atoms with E-state index < -0.39 is 17.6 Å². The van der Waals surface area contributed by atoms with Crippen LogP contribution in [0.3, 0.4) is 0 Å². The lowest BCUT2D eigenvalue weighted by molar-refractivity contribution is -0.153. The summed E-state index contributed by atoms with van der Waals surface area (Å²) in [5.74, 6) is 0. The van der Waals surface area contributed by atoms with Gasteiger partial charge in [-0.15, -0.1) is 0 Å². The van der Waals surface area contributed by atoms with Gasteiger partial charge >= 0.3 is 0 Å². The topological polar surface area (TPSA) is 40.5 Å². The van der Waals surface area contributed by atoms with Gasteiger partial charge in [-0.3, -0.25) is 0 Å². The molecule has 0 aromatic carbocycles. The van der Waals surface area contributed by atoms with Gasteiger partial charge in [0, 0.05) is 5.41 Å². The molecular formula is C16H34O2. The van der Waals surface area contributed by atoms with Crippen LogP contribution in [0.15, 0.2) is 0 Å². The van der Waals surface area contributed by atoms with Crippen molar-refractivity contribution >= 4 is 0 Å². The zero-order valence-electron chi connectivity index (χ0n) is 13.7. The summed E-state index contributed by atoms with van der Waals surface area (Å²) in [6.07, 6.45) is 1.65.